The van der Waals surface area contributed by atoms with Gasteiger partial charge in [-0.15, -0.1) is 6.58 Å². The molecule has 0 aliphatic heterocycles. The fourth-order valence-corrected chi connectivity index (χ4v) is 3.29. The van der Waals surface area contributed by atoms with E-state index in [0.717, 1.165) is 29.4 Å². The van der Waals surface area contributed by atoms with Crippen LogP contribution in [-0.2, 0) is 5.54 Å². The van der Waals surface area contributed by atoms with Crippen LogP contribution in [0.2, 0.25) is 0 Å². The third-order valence-corrected chi connectivity index (χ3v) is 4.89. The zero-order valence-corrected chi connectivity index (χ0v) is 16.1. The molecule has 0 heterocycles. The predicted molar refractivity (Wildman–Crippen MR) is 107 cm³/mol. The number of hydrogen-bond acceptors (Lipinski definition) is 2. The number of benzene rings is 2. The lowest BCUT2D eigenvalue weighted by Crippen LogP contribution is -2.40. The van der Waals surface area contributed by atoms with Crippen molar-refractivity contribution in [1.29, 1.82) is 0 Å². The van der Waals surface area contributed by atoms with E-state index in [9.17, 15) is 0 Å². The van der Waals surface area contributed by atoms with E-state index in [0.29, 0.717) is 6.04 Å². The van der Waals surface area contributed by atoms with Gasteiger partial charge in [-0.25, -0.2) is 0 Å². The highest BCUT2D eigenvalue weighted by atomic mass is 79.9. The van der Waals surface area contributed by atoms with Crippen LogP contribution in [0.5, 0.6) is 0 Å². The Bertz CT molecular complexity index is 651. The van der Waals surface area contributed by atoms with Crippen LogP contribution in [-0.4, -0.2) is 6.54 Å². The lowest BCUT2D eigenvalue weighted by molar-refractivity contribution is 0.382. The summed E-state index contributed by atoms with van der Waals surface area (Å²) < 4.78 is 1.10. The third-order valence-electron chi connectivity index (χ3n) is 4.36. The van der Waals surface area contributed by atoms with Crippen LogP contribution in [0.25, 0.3) is 0 Å². The zero-order chi connectivity index (χ0) is 17.6. The fraction of sp³-hybridized carbons (Fsp3) is 0.333. The molecule has 1 unspecified atom stereocenters. The van der Waals surface area contributed by atoms with Crippen molar-refractivity contribution in [1.82, 2.24) is 5.32 Å². The summed E-state index contributed by atoms with van der Waals surface area (Å²) in [5.74, 6) is 0. The van der Waals surface area contributed by atoms with E-state index in [1.165, 1.54) is 11.1 Å². The van der Waals surface area contributed by atoms with Gasteiger partial charge >= 0.3 is 0 Å². The first-order chi connectivity index (χ1) is 11.4. The third kappa shape index (κ3) is 5.30. The molecule has 2 aromatic carbocycles. The van der Waals surface area contributed by atoms with Gasteiger partial charge in [0.15, 0.2) is 0 Å². The summed E-state index contributed by atoms with van der Waals surface area (Å²) >= 11 is 3.48. The van der Waals surface area contributed by atoms with Crippen molar-refractivity contribution < 1.29 is 0 Å². The van der Waals surface area contributed by atoms with Crippen molar-refractivity contribution >= 4 is 15.9 Å². The molecule has 0 bridgehead atoms. The molecule has 2 nitrogen and oxygen atoms in total. The SMILES string of the molecule is C=C(C)CC(N)(CCN[C@@H](C)c1ccc(Br)cc1)c1ccccc1. The normalized spacial score (nSPS) is 14.8. The molecule has 0 spiro atoms. The summed E-state index contributed by atoms with van der Waals surface area (Å²) in [6, 6.07) is 19.1. The number of halogens is 1. The second kappa shape index (κ2) is 8.61. The minimum absolute atomic E-state index is 0.294. The topological polar surface area (TPSA) is 38.0 Å². The lowest BCUT2D eigenvalue weighted by Gasteiger charge is -2.31. The van der Waals surface area contributed by atoms with Gasteiger partial charge in [-0.05, 0) is 56.5 Å². The van der Waals surface area contributed by atoms with Gasteiger partial charge in [0.1, 0.15) is 0 Å². The highest BCUT2D eigenvalue weighted by Crippen LogP contribution is 2.29. The Labute approximate surface area is 154 Å². The molecule has 0 amide bonds. The van der Waals surface area contributed by atoms with E-state index in [2.05, 4.69) is 71.1 Å². The van der Waals surface area contributed by atoms with Crippen LogP contribution >= 0.6 is 15.9 Å². The molecular weight excluding hydrogens is 360 g/mol. The summed E-state index contributed by atoms with van der Waals surface area (Å²) in [6.45, 7) is 9.14. The molecule has 2 atom stereocenters. The molecule has 3 N–H and O–H groups in total. The minimum Gasteiger partial charge on any atom is -0.321 e. The summed E-state index contributed by atoms with van der Waals surface area (Å²) in [4.78, 5) is 0. The quantitative estimate of drug-likeness (QED) is 0.603. The van der Waals surface area contributed by atoms with Crippen molar-refractivity contribution in [3.63, 3.8) is 0 Å². The second-order valence-electron chi connectivity index (χ2n) is 6.63. The molecule has 0 saturated heterocycles. The number of hydrogen-bond donors (Lipinski definition) is 2. The van der Waals surface area contributed by atoms with Gasteiger partial charge in [0, 0.05) is 16.1 Å². The van der Waals surface area contributed by atoms with Crippen LogP contribution in [0.15, 0.2) is 71.2 Å². The second-order valence-corrected chi connectivity index (χ2v) is 7.55. The predicted octanol–water partition coefficient (Wildman–Crippen LogP) is 5.31. The van der Waals surface area contributed by atoms with E-state index >= 15 is 0 Å². The maximum atomic E-state index is 6.76. The molecule has 128 valence electrons. The van der Waals surface area contributed by atoms with Crippen molar-refractivity contribution in [2.24, 2.45) is 5.73 Å². The molecular formula is C21H27BrN2. The van der Waals surface area contributed by atoms with Gasteiger partial charge in [-0.2, -0.15) is 0 Å². The van der Waals surface area contributed by atoms with E-state index < -0.39 is 0 Å². The van der Waals surface area contributed by atoms with Crippen LogP contribution in [0.3, 0.4) is 0 Å². The van der Waals surface area contributed by atoms with Crippen LogP contribution in [0.1, 0.15) is 43.9 Å². The standard InChI is InChI=1S/C21H27BrN2/c1-16(2)15-21(23,19-7-5-4-6-8-19)13-14-24-17(3)18-9-11-20(22)12-10-18/h4-12,17,24H,1,13-15,23H2,2-3H3/t17-,21?/m0/s1. The highest BCUT2D eigenvalue weighted by Gasteiger charge is 2.26. The van der Waals surface area contributed by atoms with Crippen molar-refractivity contribution in [3.05, 3.63) is 82.3 Å². The van der Waals surface area contributed by atoms with Crippen LogP contribution in [0, 0.1) is 0 Å². The highest BCUT2D eigenvalue weighted by molar-refractivity contribution is 9.10. The first-order valence-electron chi connectivity index (χ1n) is 8.38. The Balaban J connectivity index is 2.00. The van der Waals surface area contributed by atoms with Crippen molar-refractivity contribution in [2.75, 3.05) is 6.54 Å². The van der Waals surface area contributed by atoms with Gasteiger partial charge in [0.2, 0.25) is 0 Å². The molecule has 2 aromatic rings. The molecule has 0 fully saturated rings. The largest absolute Gasteiger partial charge is 0.321 e. The van der Waals surface area contributed by atoms with Gasteiger partial charge < -0.3 is 11.1 Å². The number of nitrogens with two attached hydrogens (primary N) is 1. The molecule has 0 saturated carbocycles. The zero-order valence-electron chi connectivity index (χ0n) is 14.6. The molecule has 0 aliphatic carbocycles. The summed E-state index contributed by atoms with van der Waals surface area (Å²) in [6.07, 6.45) is 1.66. The van der Waals surface area contributed by atoms with Gasteiger partial charge in [-0.1, -0.05) is 64.0 Å². The Hall–Kier alpha value is -1.42. The molecule has 0 radical (unpaired) electrons. The minimum atomic E-state index is -0.375. The summed E-state index contributed by atoms with van der Waals surface area (Å²) in [7, 11) is 0. The van der Waals surface area contributed by atoms with Crippen molar-refractivity contribution in [2.45, 2.75) is 38.3 Å². The van der Waals surface area contributed by atoms with Crippen LogP contribution < -0.4 is 11.1 Å². The molecule has 0 aliphatic rings. The molecule has 24 heavy (non-hydrogen) atoms. The van der Waals surface area contributed by atoms with E-state index in [1.807, 2.05) is 25.1 Å². The van der Waals surface area contributed by atoms with E-state index in [4.69, 9.17) is 5.73 Å². The van der Waals surface area contributed by atoms with Gasteiger partial charge in [0.25, 0.3) is 0 Å². The molecule has 3 heteroatoms. The average molecular weight is 387 g/mol. The molecule has 2 rings (SSSR count). The summed E-state index contributed by atoms with van der Waals surface area (Å²) in [5.41, 5.74) is 9.95. The van der Waals surface area contributed by atoms with Gasteiger partial charge in [0.05, 0.1) is 0 Å². The first kappa shape index (κ1) is 18.9. The Kier molecular flexibility index (Phi) is 6.79. The average Bonchev–Trinajstić information content (AvgIpc) is 2.55. The summed E-state index contributed by atoms with van der Waals surface area (Å²) in [5, 5.41) is 3.59. The van der Waals surface area contributed by atoms with Gasteiger partial charge in [-0.3, -0.25) is 0 Å². The molecule has 0 aromatic heterocycles. The Morgan fingerprint density at radius 2 is 1.79 bits per heavy atom. The van der Waals surface area contributed by atoms with E-state index in [1.54, 1.807) is 0 Å². The maximum absolute atomic E-state index is 6.76. The first-order valence-corrected chi connectivity index (χ1v) is 9.18. The maximum Gasteiger partial charge on any atom is 0.0459 e. The smallest absolute Gasteiger partial charge is 0.0459 e. The Morgan fingerprint density at radius 3 is 2.38 bits per heavy atom. The number of nitrogens with one attached hydrogen (secondary N) is 1. The number of rotatable bonds is 8. The fourth-order valence-electron chi connectivity index (χ4n) is 3.02. The Morgan fingerprint density at radius 1 is 1.17 bits per heavy atom. The van der Waals surface area contributed by atoms with Crippen LogP contribution in [0.4, 0.5) is 0 Å². The monoisotopic (exact) mass is 386 g/mol. The van der Waals surface area contributed by atoms with E-state index in [-0.39, 0.29) is 5.54 Å². The lowest BCUT2D eigenvalue weighted by atomic mass is 9.82. The van der Waals surface area contributed by atoms with Crippen molar-refractivity contribution in [3.8, 4) is 0 Å².